The lowest BCUT2D eigenvalue weighted by molar-refractivity contribution is -0.140. The van der Waals surface area contributed by atoms with E-state index in [1.165, 1.54) is 17.0 Å². The van der Waals surface area contributed by atoms with Crippen molar-refractivity contribution < 1.29 is 28.6 Å². The van der Waals surface area contributed by atoms with Gasteiger partial charge in [-0.1, -0.05) is 24.8 Å². The molecule has 0 radical (unpaired) electrons. The summed E-state index contributed by atoms with van der Waals surface area (Å²) < 4.78 is 24.6. The van der Waals surface area contributed by atoms with Crippen LogP contribution in [-0.2, 0) is 14.3 Å². The number of aliphatic hydroxyl groups excluding tert-OH is 1. The molecule has 2 aliphatic rings. The van der Waals surface area contributed by atoms with Gasteiger partial charge in [-0.05, 0) is 48.4 Å². The van der Waals surface area contributed by atoms with Gasteiger partial charge in [-0.3, -0.25) is 14.5 Å². The highest BCUT2D eigenvalue weighted by Gasteiger charge is 2.46. The molecule has 2 aliphatic heterocycles. The lowest BCUT2D eigenvalue weighted by Crippen LogP contribution is -2.42. The number of hydrogen-bond donors (Lipinski definition) is 1. The molecule has 2 aromatic rings. The largest absolute Gasteiger partial charge is 0.507 e. The average Bonchev–Trinajstić information content (AvgIpc) is 3.12. The minimum Gasteiger partial charge on any atom is -0.507 e. The number of halogens is 1. The van der Waals surface area contributed by atoms with Crippen LogP contribution in [0.15, 0.2) is 60.7 Å². The van der Waals surface area contributed by atoms with Crippen LogP contribution < -0.4 is 4.74 Å². The van der Waals surface area contributed by atoms with Gasteiger partial charge in [-0.2, -0.15) is 0 Å². The summed E-state index contributed by atoms with van der Waals surface area (Å²) in [6.45, 7) is 9.36. The molecule has 184 valence electrons. The number of ether oxygens (including phenoxy) is 2. The topological polar surface area (TPSA) is 79.3 Å². The zero-order chi connectivity index (χ0) is 24.9. The minimum absolute atomic E-state index is 0.0113. The summed E-state index contributed by atoms with van der Waals surface area (Å²) in [5.41, 5.74) is 1.70. The fourth-order valence-electron chi connectivity index (χ4n) is 4.44. The summed E-state index contributed by atoms with van der Waals surface area (Å²) in [7, 11) is 0. The SMILES string of the molecule is C=CCOc1ccc(/C(O)=C2\C(=O)C(=O)N(CCN3CCOCC3)C2c2ccc(F)cc2)cc1C. The van der Waals surface area contributed by atoms with Crippen LogP contribution in [0, 0.1) is 12.7 Å². The maximum atomic E-state index is 13.7. The van der Waals surface area contributed by atoms with Gasteiger partial charge in [0, 0.05) is 31.7 Å². The Bertz CT molecular complexity index is 1140. The Balaban J connectivity index is 1.71. The number of carbonyl (C=O) groups excluding carboxylic acids is 2. The fraction of sp³-hybridized carbons (Fsp3) is 0.333. The van der Waals surface area contributed by atoms with Gasteiger partial charge in [0.2, 0.25) is 0 Å². The molecule has 0 aromatic heterocycles. The van der Waals surface area contributed by atoms with Gasteiger partial charge in [0.25, 0.3) is 11.7 Å². The zero-order valence-corrected chi connectivity index (χ0v) is 19.7. The average molecular weight is 481 g/mol. The molecule has 1 N–H and O–H groups in total. The van der Waals surface area contributed by atoms with Gasteiger partial charge in [0.05, 0.1) is 24.8 Å². The van der Waals surface area contributed by atoms with E-state index in [9.17, 15) is 19.1 Å². The Labute approximate surface area is 204 Å². The molecule has 7 nitrogen and oxygen atoms in total. The highest BCUT2D eigenvalue weighted by molar-refractivity contribution is 6.46. The molecule has 2 aromatic carbocycles. The third-order valence-corrected chi connectivity index (χ3v) is 6.29. The van der Waals surface area contributed by atoms with Gasteiger partial charge in [-0.25, -0.2) is 4.39 Å². The number of Topliss-reactive ketones (excluding diaryl/α,β-unsaturated/α-hetero) is 1. The Morgan fingerprint density at radius 3 is 2.54 bits per heavy atom. The van der Waals surface area contributed by atoms with E-state index in [2.05, 4.69) is 11.5 Å². The van der Waals surface area contributed by atoms with Crippen molar-refractivity contribution in [2.75, 3.05) is 46.0 Å². The van der Waals surface area contributed by atoms with E-state index >= 15 is 0 Å². The maximum absolute atomic E-state index is 13.7. The summed E-state index contributed by atoms with van der Waals surface area (Å²) in [4.78, 5) is 29.9. The molecule has 2 fully saturated rings. The van der Waals surface area contributed by atoms with Crippen molar-refractivity contribution in [2.24, 2.45) is 0 Å². The van der Waals surface area contributed by atoms with Crippen molar-refractivity contribution in [1.82, 2.24) is 9.80 Å². The van der Waals surface area contributed by atoms with E-state index in [0.717, 1.165) is 18.7 Å². The van der Waals surface area contributed by atoms with Crippen molar-refractivity contribution in [1.29, 1.82) is 0 Å². The van der Waals surface area contributed by atoms with Crippen LogP contribution >= 0.6 is 0 Å². The van der Waals surface area contributed by atoms with E-state index < -0.39 is 23.5 Å². The number of hydrogen-bond acceptors (Lipinski definition) is 6. The summed E-state index contributed by atoms with van der Waals surface area (Å²) in [6.07, 6.45) is 1.63. The molecular weight excluding hydrogens is 451 g/mol. The van der Waals surface area contributed by atoms with E-state index in [0.29, 0.717) is 43.2 Å². The molecule has 4 rings (SSSR count). The van der Waals surface area contributed by atoms with Gasteiger partial charge >= 0.3 is 0 Å². The van der Waals surface area contributed by atoms with Gasteiger partial charge in [0.15, 0.2) is 0 Å². The van der Waals surface area contributed by atoms with Crippen LogP contribution in [0.3, 0.4) is 0 Å². The molecule has 0 bridgehead atoms. The maximum Gasteiger partial charge on any atom is 0.295 e. The molecule has 1 atom stereocenters. The van der Waals surface area contributed by atoms with E-state index in [1.807, 2.05) is 6.92 Å². The Kier molecular flexibility index (Phi) is 7.63. The van der Waals surface area contributed by atoms with Crippen molar-refractivity contribution in [3.05, 3.63) is 83.2 Å². The molecule has 8 heteroatoms. The Hall–Kier alpha value is -3.49. The van der Waals surface area contributed by atoms with E-state index in [-0.39, 0.29) is 17.9 Å². The number of likely N-dealkylation sites (tertiary alicyclic amines) is 1. The van der Waals surface area contributed by atoms with Crippen LogP contribution in [0.4, 0.5) is 4.39 Å². The van der Waals surface area contributed by atoms with Crippen LogP contribution in [0.25, 0.3) is 5.76 Å². The number of aliphatic hydroxyl groups is 1. The molecule has 2 saturated heterocycles. The van der Waals surface area contributed by atoms with Gasteiger partial charge in [-0.15, -0.1) is 0 Å². The number of carbonyl (C=O) groups is 2. The molecule has 0 spiro atoms. The quantitative estimate of drug-likeness (QED) is 0.270. The predicted molar refractivity (Wildman–Crippen MR) is 130 cm³/mol. The van der Waals surface area contributed by atoms with Crippen molar-refractivity contribution in [2.45, 2.75) is 13.0 Å². The summed E-state index contributed by atoms with van der Waals surface area (Å²) in [5.74, 6) is -1.52. The third-order valence-electron chi connectivity index (χ3n) is 6.29. The monoisotopic (exact) mass is 480 g/mol. The number of rotatable bonds is 8. The lowest BCUT2D eigenvalue weighted by Gasteiger charge is -2.31. The highest BCUT2D eigenvalue weighted by atomic mass is 19.1. The van der Waals surface area contributed by atoms with E-state index in [4.69, 9.17) is 9.47 Å². The van der Waals surface area contributed by atoms with Crippen LogP contribution in [-0.4, -0.2) is 72.6 Å². The third kappa shape index (κ3) is 5.28. The summed E-state index contributed by atoms with van der Waals surface area (Å²) in [6, 6.07) is 9.88. The molecule has 2 heterocycles. The first kappa shape index (κ1) is 24.6. The fourth-order valence-corrected chi connectivity index (χ4v) is 4.44. The summed E-state index contributed by atoms with van der Waals surface area (Å²) >= 11 is 0. The first-order valence-corrected chi connectivity index (χ1v) is 11.6. The second-order valence-corrected chi connectivity index (χ2v) is 8.58. The second-order valence-electron chi connectivity index (χ2n) is 8.58. The smallest absolute Gasteiger partial charge is 0.295 e. The molecule has 0 aliphatic carbocycles. The second kappa shape index (κ2) is 10.8. The number of aryl methyl sites for hydroxylation is 1. The lowest BCUT2D eigenvalue weighted by atomic mass is 9.94. The Morgan fingerprint density at radius 1 is 1.17 bits per heavy atom. The highest BCUT2D eigenvalue weighted by Crippen LogP contribution is 2.39. The van der Waals surface area contributed by atoms with Crippen molar-refractivity contribution in [3.8, 4) is 5.75 Å². The van der Waals surface area contributed by atoms with Gasteiger partial charge in [0.1, 0.15) is 23.9 Å². The normalized spacial score (nSPS) is 20.3. The standard InChI is InChI=1S/C27H29FN2O5/c1-3-14-35-22-9-6-20(17-18(22)2)25(31)23-24(19-4-7-21(28)8-5-19)30(27(33)26(23)32)11-10-29-12-15-34-16-13-29/h3-9,17,24,31H,1,10-16H2,2H3/b25-23+. The number of amides is 1. The molecule has 35 heavy (non-hydrogen) atoms. The number of benzene rings is 2. The molecule has 1 amide bonds. The first-order chi connectivity index (χ1) is 16.9. The van der Waals surface area contributed by atoms with E-state index in [1.54, 1.807) is 36.4 Å². The number of nitrogens with zero attached hydrogens (tertiary/aromatic N) is 2. The first-order valence-electron chi connectivity index (χ1n) is 11.6. The number of ketones is 1. The van der Waals surface area contributed by atoms with Gasteiger partial charge < -0.3 is 19.5 Å². The number of morpholine rings is 1. The predicted octanol–water partition coefficient (Wildman–Crippen LogP) is 3.45. The van der Waals surface area contributed by atoms with Crippen LogP contribution in [0.5, 0.6) is 5.75 Å². The van der Waals surface area contributed by atoms with Crippen LogP contribution in [0.1, 0.15) is 22.7 Å². The summed E-state index contributed by atoms with van der Waals surface area (Å²) in [5, 5.41) is 11.2. The zero-order valence-electron chi connectivity index (χ0n) is 19.7. The molecule has 0 saturated carbocycles. The minimum atomic E-state index is -0.825. The van der Waals surface area contributed by atoms with Crippen LogP contribution in [0.2, 0.25) is 0 Å². The van der Waals surface area contributed by atoms with Crippen molar-refractivity contribution in [3.63, 3.8) is 0 Å². The van der Waals surface area contributed by atoms with Crippen molar-refractivity contribution >= 4 is 17.4 Å². The Morgan fingerprint density at radius 2 is 1.89 bits per heavy atom. The molecular formula is C27H29FN2O5. The molecule has 1 unspecified atom stereocenters.